The van der Waals surface area contributed by atoms with Gasteiger partial charge in [0.2, 0.25) is 0 Å². The van der Waals surface area contributed by atoms with E-state index in [1.165, 1.54) is 0 Å². The van der Waals surface area contributed by atoms with Crippen LogP contribution in [0.3, 0.4) is 0 Å². The van der Waals surface area contributed by atoms with E-state index in [0.29, 0.717) is 142 Å². The van der Waals surface area contributed by atoms with Crippen molar-refractivity contribution in [3.63, 3.8) is 0 Å². The highest BCUT2D eigenvalue weighted by molar-refractivity contribution is 5.80. The van der Waals surface area contributed by atoms with Gasteiger partial charge in [0, 0.05) is 116 Å². The summed E-state index contributed by atoms with van der Waals surface area (Å²) in [6, 6.07) is 0. The van der Waals surface area contributed by atoms with E-state index in [4.69, 9.17) is 0 Å². The summed E-state index contributed by atoms with van der Waals surface area (Å²) < 4.78 is 0. The van der Waals surface area contributed by atoms with Gasteiger partial charge in [-0.2, -0.15) is 0 Å². The summed E-state index contributed by atoms with van der Waals surface area (Å²) in [5, 5.41) is 3.23. The number of ketones is 6. The monoisotopic (exact) mass is 692 g/mol. The zero-order chi connectivity index (χ0) is 36.5. The minimum Gasteiger partial charge on any atom is -0.316 e. The van der Waals surface area contributed by atoms with Gasteiger partial charge < -0.3 is 15.1 Å². The molecule has 0 amide bonds. The first-order chi connectivity index (χ1) is 23.6. The van der Waals surface area contributed by atoms with Crippen LogP contribution in [-0.4, -0.2) is 96.9 Å². The predicted octanol–water partition coefficient (Wildman–Crippen LogP) is 7.26. The van der Waals surface area contributed by atoms with Crippen molar-refractivity contribution in [3.05, 3.63) is 0 Å². The molecule has 49 heavy (non-hydrogen) atoms. The maximum absolute atomic E-state index is 12.5. The molecule has 9 heteroatoms. The standard InChI is InChI=1S/C40H73N3O6/c1-5-9-15-37(46)23-31-42(32-24-38(47)16-10-6-2)29-13-19-35(44)21-27-41-28-22-36(45)20-14-30-43(33-25-39(48)17-11-7-3)34-26-40(49)18-12-8-4/h41H,5-34H2,1-4H3. The largest absolute Gasteiger partial charge is 0.316 e. The van der Waals surface area contributed by atoms with Crippen LogP contribution in [0.15, 0.2) is 0 Å². The number of hydrogen-bond donors (Lipinski definition) is 1. The Morgan fingerprint density at radius 3 is 0.837 bits per heavy atom. The highest BCUT2D eigenvalue weighted by atomic mass is 16.1. The second-order valence-electron chi connectivity index (χ2n) is 13.8. The molecule has 9 nitrogen and oxygen atoms in total. The molecule has 0 aliphatic rings. The van der Waals surface area contributed by atoms with Crippen molar-refractivity contribution in [3.8, 4) is 0 Å². The molecule has 284 valence electrons. The second-order valence-corrected chi connectivity index (χ2v) is 13.8. The van der Waals surface area contributed by atoms with Crippen LogP contribution in [0.4, 0.5) is 0 Å². The Bertz CT molecular complexity index is 802. The zero-order valence-electron chi connectivity index (χ0n) is 32.1. The number of nitrogens with one attached hydrogen (secondary N) is 1. The highest BCUT2D eigenvalue weighted by Gasteiger charge is 2.14. The van der Waals surface area contributed by atoms with E-state index >= 15 is 0 Å². The first kappa shape index (κ1) is 46.9. The number of rotatable bonds is 38. The summed E-state index contributed by atoms with van der Waals surface area (Å²) in [4.78, 5) is 78.2. The van der Waals surface area contributed by atoms with Gasteiger partial charge in [-0.15, -0.1) is 0 Å². The molecule has 0 rings (SSSR count). The van der Waals surface area contributed by atoms with Crippen molar-refractivity contribution in [2.24, 2.45) is 0 Å². The minimum absolute atomic E-state index is 0.179. The van der Waals surface area contributed by atoms with E-state index in [2.05, 4.69) is 42.8 Å². The fourth-order valence-corrected chi connectivity index (χ4v) is 5.63. The zero-order valence-corrected chi connectivity index (χ0v) is 32.1. The minimum atomic E-state index is 0.179. The molecule has 0 fully saturated rings. The summed E-state index contributed by atoms with van der Waals surface area (Å²) >= 11 is 0. The molecule has 0 unspecified atom stereocenters. The summed E-state index contributed by atoms with van der Waals surface area (Å²) in [6.45, 7) is 13.4. The molecule has 0 spiro atoms. The number of carbonyl (C=O) groups is 6. The van der Waals surface area contributed by atoms with Crippen molar-refractivity contribution in [1.82, 2.24) is 15.1 Å². The quantitative estimate of drug-likeness (QED) is 0.0667. The predicted molar refractivity (Wildman–Crippen MR) is 200 cm³/mol. The van der Waals surface area contributed by atoms with Gasteiger partial charge >= 0.3 is 0 Å². The van der Waals surface area contributed by atoms with E-state index in [1.807, 2.05) is 0 Å². The van der Waals surface area contributed by atoms with Crippen LogP contribution in [-0.2, 0) is 28.8 Å². The third-order valence-corrected chi connectivity index (χ3v) is 9.09. The summed E-state index contributed by atoms with van der Waals surface area (Å²) in [7, 11) is 0. The lowest BCUT2D eigenvalue weighted by Gasteiger charge is -2.21. The Kier molecular flexibility index (Phi) is 31.6. The van der Waals surface area contributed by atoms with E-state index in [0.717, 1.165) is 51.4 Å². The lowest BCUT2D eigenvalue weighted by molar-refractivity contribution is -0.121. The Morgan fingerprint density at radius 1 is 0.327 bits per heavy atom. The number of nitrogens with zero attached hydrogens (tertiary/aromatic N) is 2. The lowest BCUT2D eigenvalue weighted by atomic mass is 10.1. The first-order valence-corrected chi connectivity index (χ1v) is 19.9. The van der Waals surface area contributed by atoms with Gasteiger partial charge in [0.1, 0.15) is 34.7 Å². The van der Waals surface area contributed by atoms with Crippen LogP contribution >= 0.6 is 0 Å². The second kappa shape index (κ2) is 33.1. The summed E-state index contributed by atoms with van der Waals surface area (Å²) in [6.07, 6.45) is 15.3. The van der Waals surface area contributed by atoms with E-state index in [9.17, 15) is 28.8 Å². The van der Waals surface area contributed by atoms with Gasteiger partial charge in [-0.25, -0.2) is 0 Å². The van der Waals surface area contributed by atoms with Crippen LogP contribution in [0.5, 0.6) is 0 Å². The Hall–Kier alpha value is -2.10. The maximum Gasteiger partial charge on any atom is 0.134 e. The van der Waals surface area contributed by atoms with E-state index < -0.39 is 0 Å². The number of hydrogen-bond acceptors (Lipinski definition) is 9. The number of carbonyl (C=O) groups excluding carboxylic acids is 6. The number of Topliss-reactive ketones (excluding diaryl/α,β-unsaturated/α-hetero) is 6. The molecule has 0 bridgehead atoms. The molecule has 0 aromatic heterocycles. The van der Waals surface area contributed by atoms with Crippen LogP contribution in [0.1, 0.15) is 169 Å². The molecule has 0 aliphatic heterocycles. The van der Waals surface area contributed by atoms with Gasteiger partial charge in [-0.1, -0.05) is 53.4 Å². The maximum atomic E-state index is 12.5. The third kappa shape index (κ3) is 30.4. The van der Waals surface area contributed by atoms with Crippen molar-refractivity contribution in [1.29, 1.82) is 0 Å². The van der Waals surface area contributed by atoms with Crippen LogP contribution < -0.4 is 5.32 Å². The van der Waals surface area contributed by atoms with Crippen LogP contribution in [0.2, 0.25) is 0 Å². The van der Waals surface area contributed by atoms with Crippen LogP contribution in [0.25, 0.3) is 0 Å². The molecular formula is C40H73N3O6. The van der Waals surface area contributed by atoms with Gasteiger partial charge in [0.25, 0.3) is 0 Å². The summed E-state index contributed by atoms with van der Waals surface area (Å²) in [5.41, 5.74) is 0. The van der Waals surface area contributed by atoms with Crippen molar-refractivity contribution in [2.45, 2.75) is 169 Å². The molecule has 0 heterocycles. The van der Waals surface area contributed by atoms with Gasteiger partial charge in [-0.3, -0.25) is 28.8 Å². The van der Waals surface area contributed by atoms with Crippen molar-refractivity contribution >= 4 is 34.7 Å². The molecule has 0 aliphatic carbocycles. The molecule has 0 atom stereocenters. The molecule has 0 radical (unpaired) electrons. The highest BCUT2D eigenvalue weighted by Crippen LogP contribution is 2.08. The van der Waals surface area contributed by atoms with Crippen molar-refractivity contribution in [2.75, 3.05) is 52.4 Å². The van der Waals surface area contributed by atoms with E-state index in [1.54, 1.807) is 0 Å². The topological polar surface area (TPSA) is 121 Å². The van der Waals surface area contributed by atoms with Gasteiger partial charge in [0.15, 0.2) is 0 Å². The Labute approximate surface area is 299 Å². The van der Waals surface area contributed by atoms with E-state index in [-0.39, 0.29) is 34.7 Å². The molecule has 0 saturated heterocycles. The fourth-order valence-electron chi connectivity index (χ4n) is 5.63. The summed E-state index contributed by atoms with van der Waals surface area (Å²) in [5.74, 6) is 1.43. The lowest BCUT2D eigenvalue weighted by Crippen LogP contribution is -2.30. The average molecular weight is 692 g/mol. The smallest absolute Gasteiger partial charge is 0.134 e. The van der Waals surface area contributed by atoms with Gasteiger partial charge in [-0.05, 0) is 51.6 Å². The number of unbranched alkanes of at least 4 members (excludes halogenated alkanes) is 4. The average Bonchev–Trinajstić information content (AvgIpc) is 3.09. The molecule has 1 N–H and O–H groups in total. The molecular weight excluding hydrogens is 618 g/mol. The van der Waals surface area contributed by atoms with Gasteiger partial charge in [0.05, 0.1) is 0 Å². The SMILES string of the molecule is CCCCC(=O)CCN(CCCC(=O)CCNCCC(=O)CCCN(CCC(=O)CCCC)CCC(=O)CCCC)CCC(=O)CCCC. The van der Waals surface area contributed by atoms with Crippen molar-refractivity contribution < 1.29 is 28.8 Å². The Balaban J connectivity index is 4.39. The van der Waals surface area contributed by atoms with Crippen LogP contribution in [0, 0.1) is 0 Å². The molecule has 0 aromatic rings. The fraction of sp³-hybridized carbons (Fsp3) is 0.850. The molecule has 0 aromatic carbocycles. The first-order valence-electron chi connectivity index (χ1n) is 19.9. The third-order valence-electron chi connectivity index (χ3n) is 9.09. The normalized spacial score (nSPS) is 11.4. The molecule has 0 saturated carbocycles. The Morgan fingerprint density at radius 2 is 0.571 bits per heavy atom.